The van der Waals surface area contributed by atoms with Crippen LogP contribution in [0.3, 0.4) is 0 Å². The first kappa shape index (κ1) is 16.0. The summed E-state index contributed by atoms with van der Waals surface area (Å²) in [4.78, 5) is 12.4. The third-order valence-electron chi connectivity index (χ3n) is 3.91. The smallest absolute Gasteiger partial charge is 0.244 e. The maximum Gasteiger partial charge on any atom is 0.244 e. The maximum atomic E-state index is 12.4. The standard InChI is InChI=1S/C15H22N2O.ClH/c1-4-15(8-5-9-16-15)14(18)17-13-7-6-11(2)10-12(13)3;/h6-7,10,16H,4-5,8-9H2,1-3H3,(H,17,18);1H. The van der Waals surface area contributed by atoms with Crippen molar-refractivity contribution in [3.63, 3.8) is 0 Å². The van der Waals surface area contributed by atoms with Crippen molar-refractivity contribution in [1.82, 2.24) is 5.32 Å². The van der Waals surface area contributed by atoms with Gasteiger partial charge in [-0.2, -0.15) is 0 Å². The van der Waals surface area contributed by atoms with Gasteiger partial charge in [0.15, 0.2) is 0 Å². The van der Waals surface area contributed by atoms with Gasteiger partial charge >= 0.3 is 0 Å². The molecule has 106 valence electrons. The highest BCUT2D eigenvalue weighted by Crippen LogP contribution is 2.26. The molecule has 0 spiro atoms. The van der Waals surface area contributed by atoms with E-state index in [4.69, 9.17) is 0 Å². The summed E-state index contributed by atoms with van der Waals surface area (Å²) in [7, 11) is 0. The summed E-state index contributed by atoms with van der Waals surface area (Å²) in [5.74, 6) is 0.106. The molecule has 0 radical (unpaired) electrons. The average molecular weight is 283 g/mol. The SMILES string of the molecule is CCC1(C(=O)Nc2ccc(C)cc2C)CCCN1.Cl. The van der Waals surface area contributed by atoms with Gasteiger partial charge in [0.2, 0.25) is 5.91 Å². The van der Waals surface area contributed by atoms with Crippen molar-refractivity contribution in [3.05, 3.63) is 29.3 Å². The van der Waals surface area contributed by atoms with Crippen molar-refractivity contribution < 1.29 is 4.79 Å². The fourth-order valence-corrected chi connectivity index (χ4v) is 2.66. The summed E-state index contributed by atoms with van der Waals surface area (Å²) in [6.07, 6.45) is 2.85. The first-order valence-electron chi connectivity index (χ1n) is 6.71. The van der Waals surface area contributed by atoms with Crippen molar-refractivity contribution in [1.29, 1.82) is 0 Å². The zero-order valence-electron chi connectivity index (χ0n) is 11.9. The first-order chi connectivity index (χ1) is 8.57. The van der Waals surface area contributed by atoms with Crippen LogP contribution in [0.4, 0.5) is 5.69 Å². The highest BCUT2D eigenvalue weighted by Gasteiger charge is 2.39. The van der Waals surface area contributed by atoms with Crippen LogP contribution < -0.4 is 10.6 Å². The lowest BCUT2D eigenvalue weighted by molar-refractivity contribution is -0.122. The van der Waals surface area contributed by atoms with Crippen LogP contribution in [0.2, 0.25) is 0 Å². The van der Waals surface area contributed by atoms with Crippen LogP contribution in [-0.4, -0.2) is 18.0 Å². The number of hydrogen-bond donors (Lipinski definition) is 2. The van der Waals surface area contributed by atoms with E-state index in [1.807, 2.05) is 19.1 Å². The molecule has 0 aliphatic carbocycles. The third kappa shape index (κ3) is 3.28. The number of amides is 1. The second-order valence-electron chi connectivity index (χ2n) is 5.24. The second-order valence-corrected chi connectivity index (χ2v) is 5.24. The number of hydrogen-bond acceptors (Lipinski definition) is 2. The van der Waals surface area contributed by atoms with E-state index in [9.17, 15) is 4.79 Å². The van der Waals surface area contributed by atoms with Gasteiger partial charge in [0.1, 0.15) is 0 Å². The normalized spacial score (nSPS) is 21.8. The molecule has 1 saturated heterocycles. The topological polar surface area (TPSA) is 41.1 Å². The Kier molecular flexibility index (Phi) is 5.39. The number of aryl methyl sites for hydroxylation is 2. The predicted molar refractivity (Wildman–Crippen MR) is 82.1 cm³/mol. The molecule has 1 atom stereocenters. The first-order valence-corrected chi connectivity index (χ1v) is 6.71. The van der Waals surface area contributed by atoms with E-state index in [0.717, 1.165) is 37.1 Å². The molecule has 1 amide bonds. The molecule has 2 rings (SSSR count). The molecular weight excluding hydrogens is 260 g/mol. The number of rotatable bonds is 3. The molecule has 3 nitrogen and oxygen atoms in total. The van der Waals surface area contributed by atoms with Crippen LogP contribution in [-0.2, 0) is 4.79 Å². The minimum Gasteiger partial charge on any atom is -0.324 e. The van der Waals surface area contributed by atoms with Crippen molar-refractivity contribution in [2.75, 3.05) is 11.9 Å². The second kappa shape index (κ2) is 6.40. The van der Waals surface area contributed by atoms with E-state index in [2.05, 4.69) is 30.5 Å². The maximum absolute atomic E-state index is 12.4. The van der Waals surface area contributed by atoms with Gasteiger partial charge < -0.3 is 10.6 Å². The molecule has 1 aliphatic rings. The number of nitrogens with one attached hydrogen (secondary N) is 2. The Bertz CT molecular complexity index is 453. The number of anilines is 1. The molecule has 1 heterocycles. The van der Waals surface area contributed by atoms with Gasteiger partial charge in [-0.1, -0.05) is 24.6 Å². The minimum atomic E-state index is -0.364. The molecule has 0 bridgehead atoms. The van der Waals surface area contributed by atoms with Crippen LogP contribution in [0, 0.1) is 13.8 Å². The molecule has 19 heavy (non-hydrogen) atoms. The molecule has 1 aromatic rings. The van der Waals surface area contributed by atoms with Crippen LogP contribution in [0.15, 0.2) is 18.2 Å². The van der Waals surface area contributed by atoms with Crippen molar-refractivity contribution in [2.24, 2.45) is 0 Å². The zero-order chi connectivity index (χ0) is 13.2. The molecule has 1 unspecified atom stereocenters. The molecule has 1 fully saturated rings. The molecule has 4 heteroatoms. The lowest BCUT2D eigenvalue weighted by Crippen LogP contribution is -2.50. The molecule has 1 aliphatic heterocycles. The summed E-state index contributed by atoms with van der Waals surface area (Å²) in [5, 5.41) is 6.43. The van der Waals surface area contributed by atoms with Gasteiger partial charge in [-0.05, 0) is 51.3 Å². The summed E-state index contributed by atoms with van der Waals surface area (Å²) < 4.78 is 0. The van der Waals surface area contributed by atoms with Gasteiger partial charge in [0, 0.05) is 5.69 Å². The van der Waals surface area contributed by atoms with E-state index in [-0.39, 0.29) is 23.9 Å². The van der Waals surface area contributed by atoms with E-state index in [1.165, 1.54) is 5.56 Å². The molecule has 1 aromatic carbocycles. The van der Waals surface area contributed by atoms with Crippen LogP contribution >= 0.6 is 12.4 Å². The van der Waals surface area contributed by atoms with Gasteiger partial charge in [-0.3, -0.25) is 4.79 Å². The number of benzene rings is 1. The van der Waals surface area contributed by atoms with Crippen molar-refractivity contribution in [2.45, 2.75) is 45.6 Å². The zero-order valence-corrected chi connectivity index (χ0v) is 12.7. The number of halogens is 1. The lowest BCUT2D eigenvalue weighted by atomic mass is 9.93. The Morgan fingerprint density at radius 2 is 2.16 bits per heavy atom. The third-order valence-corrected chi connectivity index (χ3v) is 3.91. The molecule has 0 saturated carbocycles. The minimum absolute atomic E-state index is 0. The number of carbonyl (C=O) groups excluding carboxylic acids is 1. The Morgan fingerprint density at radius 3 is 2.68 bits per heavy atom. The summed E-state index contributed by atoms with van der Waals surface area (Å²) in [6, 6.07) is 6.11. The van der Waals surface area contributed by atoms with Gasteiger partial charge in [-0.25, -0.2) is 0 Å². The highest BCUT2D eigenvalue weighted by atomic mass is 35.5. The fraction of sp³-hybridized carbons (Fsp3) is 0.533. The average Bonchev–Trinajstić information content (AvgIpc) is 2.82. The Morgan fingerprint density at radius 1 is 1.42 bits per heavy atom. The van der Waals surface area contributed by atoms with Crippen LogP contribution in [0.1, 0.15) is 37.3 Å². The largest absolute Gasteiger partial charge is 0.324 e. The van der Waals surface area contributed by atoms with Crippen LogP contribution in [0.5, 0.6) is 0 Å². The Balaban J connectivity index is 0.00000180. The molecule has 2 N–H and O–H groups in total. The Labute approximate surface area is 121 Å². The summed E-state index contributed by atoms with van der Waals surface area (Å²) >= 11 is 0. The van der Waals surface area contributed by atoms with E-state index in [0.29, 0.717) is 0 Å². The Hall–Kier alpha value is -1.06. The summed E-state index contributed by atoms with van der Waals surface area (Å²) in [5.41, 5.74) is 2.89. The quantitative estimate of drug-likeness (QED) is 0.894. The highest BCUT2D eigenvalue weighted by molar-refractivity contribution is 5.98. The van der Waals surface area contributed by atoms with Crippen molar-refractivity contribution >= 4 is 24.0 Å². The predicted octanol–water partition coefficient (Wildman–Crippen LogP) is 3.20. The van der Waals surface area contributed by atoms with Gasteiger partial charge in [0.25, 0.3) is 0 Å². The van der Waals surface area contributed by atoms with E-state index < -0.39 is 0 Å². The number of carbonyl (C=O) groups is 1. The molecular formula is C15H23ClN2O. The monoisotopic (exact) mass is 282 g/mol. The fourth-order valence-electron chi connectivity index (χ4n) is 2.66. The van der Waals surface area contributed by atoms with Gasteiger partial charge in [0.05, 0.1) is 5.54 Å². The summed E-state index contributed by atoms with van der Waals surface area (Å²) in [6.45, 7) is 7.10. The van der Waals surface area contributed by atoms with E-state index >= 15 is 0 Å². The van der Waals surface area contributed by atoms with Gasteiger partial charge in [-0.15, -0.1) is 12.4 Å². The van der Waals surface area contributed by atoms with Crippen molar-refractivity contribution in [3.8, 4) is 0 Å². The van der Waals surface area contributed by atoms with Crippen LogP contribution in [0.25, 0.3) is 0 Å². The molecule has 0 aromatic heterocycles. The lowest BCUT2D eigenvalue weighted by Gasteiger charge is -2.27. The van der Waals surface area contributed by atoms with E-state index in [1.54, 1.807) is 0 Å².